The second-order valence-electron chi connectivity index (χ2n) is 4.22. The van der Waals surface area contributed by atoms with Crippen molar-refractivity contribution in [1.82, 2.24) is 9.88 Å². The summed E-state index contributed by atoms with van der Waals surface area (Å²) in [7, 11) is 0. The first-order valence-corrected chi connectivity index (χ1v) is 6.25. The van der Waals surface area contributed by atoms with Crippen LogP contribution in [0.25, 0.3) is 0 Å². The Bertz CT molecular complexity index is 362. The van der Waals surface area contributed by atoms with Crippen molar-refractivity contribution in [1.29, 1.82) is 0 Å². The molecular weight excluding hydrogens is 216 g/mol. The van der Waals surface area contributed by atoms with E-state index < -0.39 is 0 Å². The maximum absolute atomic E-state index is 11.4. The average Bonchev–Trinajstić information content (AvgIpc) is 2.35. The summed E-state index contributed by atoms with van der Waals surface area (Å²) in [6.45, 7) is 4.75. The zero-order valence-corrected chi connectivity index (χ0v) is 10.4. The van der Waals surface area contributed by atoms with Crippen LogP contribution in [0.15, 0.2) is 29.2 Å². The predicted molar refractivity (Wildman–Crippen MR) is 69.1 cm³/mol. The van der Waals surface area contributed by atoms with Crippen LogP contribution < -0.4 is 10.9 Å². The van der Waals surface area contributed by atoms with Gasteiger partial charge in [-0.05, 0) is 24.9 Å². The quantitative estimate of drug-likeness (QED) is 0.660. The topological polar surface area (TPSA) is 54.3 Å². The van der Waals surface area contributed by atoms with Crippen LogP contribution in [0, 0.1) is 5.92 Å². The van der Waals surface area contributed by atoms with Crippen molar-refractivity contribution in [3.8, 4) is 0 Å². The third kappa shape index (κ3) is 5.15. The predicted octanol–water partition coefficient (Wildman–Crippen LogP) is 0.846. The molecule has 1 rings (SSSR count). The van der Waals surface area contributed by atoms with Crippen LogP contribution in [-0.2, 0) is 6.54 Å². The van der Waals surface area contributed by atoms with Crippen molar-refractivity contribution in [2.24, 2.45) is 5.92 Å². The number of hydrogen-bond acceptors (Lipinski definition) is 3. The van der Waals surface area contributed by atoms with Gasteiger partial charge in [-0.25, -0.2) is 0 Å². The second-order valence-corrected chi connectivity index (χ2v) is 4.22. The van der Waals surface area contributed by atoms with E-state index in [0.717, 1.165) is 25.9 Å². The van der Waals surface area contributed by atoms with Gasteiger partial charge in [0.25, 0.3) is 5.56 Å². The molecule has 1 aromatic rings. The largest absolute Gasteiger partial charge is 0.396 e. The van der Waals surface area contributed by atoms with Crippen molar-refractivity contribution in [3.63, 3.8) is 0 Å². The fourth-order valence-corrected chi connectivity index (χ4v) is 1.78. The minimum Gasteiger partial charge on any atom is -0.396 e. The van der Waals surface area contributed by atoms with Crippen LogP contribution in [0.5, 0.6) is 0 Å². The molecule has 0 spiro atoms. The van der Waals surface area contributed by atoms with E-state index in [1.807, 2.05) is 6.07 Å². The zero-order valence-electron chi connectivity index (χ0n) is 10.4. The van der Waals surface area contributed by atoms with Gasteiger partial charge in [-0.2, -0.15) is 0 Å². The van der Waals surface area contributed by atoms with Crippen LogP contribution in [0.4, 0.5) is 0 Å². The van der Waals surface area contributed by atoms with E-state index in [1.165, 1.54) is 0 Å². The van der Waals surface area contributed by atoms with E-state index in [2.05, 4.69) is 12.2 Å². The van der Waals surface area contributed by atoms with Crippen LogP contribution in [0.2, 0.25) is 0 Å². The van der Waals surface area contributed by atoms with E-state index in [4.69, 9.17) is 5.11 Å². The van der Waals surface area contributed by atoms with Gasteiger partial charge < -0.3 is 15.0 Å². The summed E-state index contributed by atoms with van der Waals surface area (Å²) >= 11 is 0. The van der Waals surface area contributed by atoms with Gasteiger partial charge in [0, 0.05) is 32.0 Å². The van der Waals surface area contributed by atoms with Gasteiger partial charge in [0.2, 0.25) is 0 Å². The van der Waals surface area contributed by atoms with Crippen molar-refractivity contribution in [2.45, 2.75) is 26.3 Å². The lowest BCUT2D eigenvalue weighted by molar-refractivity contribution is 0.251. The number of nitrogens with one attached hydrogen (secondary N) is 1. The van der Waals surface area contributed by atoms with E-state index in [1.54, 1.807) is 22.9 Å². The van der Waals surface area contributed by atoms with E-state index in [-0.39, 0.29) is 12.2 Å². The Morgan fingerprint density at radius 2 is 2.29 bits per heavy atom. The molecule has 4 nitrogen and oxygen atoms in total. The van der Waals surface area contributed by atoms with Gasteiger partial charge in [-0.3, -0.25) is 4.79 Å². The number of hydrogen-bond donors (Lipinski definition) is 2. The van der Waals surface area contributed by atoms with E-state index in [0.29, 0.717) is 12.5 Å². The van der Waals surface area contributed by atoms with E-state index >= 15 is 0 Å². The summed E-state index contributed by atoms with van der Waals surface area (Å²) in [5, 5.41) is 12.2. The molecule has 1 heterocycles. The Balaban J connectivity index is 2.24. The highest BCUT2D eigenvalue weighted by Gasteiger charge is 2.04. The lowest BCUT2D eigenvalue weighted by Crippen LogP contribution is -2.29. The molecule has 0 amide bonds. The molecule has 0 bridgehead atoms. The van der Waals surface area contributed by atoms with Crippen molar-refractivity contribution in [3.05, 3.63) is 34.7 Å². The normalized spacial score (nSPS) is 12.6. The van der Waals surface area contributed by atoms with Gasteiger partial charge in [0.15, 0.2) is 0 Å². The number of rotatable bonds is 8. The summed E-state index contributed by atoms with van der Waals surface area (Å²) in [6, 6.07) is 5.18. The standard InChI is InChI=1S/C13H22N2O2/c1-2-12(6-10-16)11-14-7-9-15-8-4-3-5-13(15)17/h3-5,8,12,14,16H,2,6-7,9-11H2,1H3. The molecule has 96 valence electrons. The molecule has 0 aliphatic heterocycles. The SMILES string of the molecule is CCC(CCO)CNCCn1ccccc1=O. The third-order valence-corrected chi connectivity index (χ3v) is 2.98. The Kier molecular flexibility index (Phi) is 6.58. The molecule has 4 heteroatoms. The Hall–Kier alpha value is -1.13. The Morgan fingerprint density at radius 3 is 2.94 bits per heavy atom. The van der Waals surface area contributed by atoms with E-state index in [9.17, 15) is 4.79 Å². The molecule has 0 fully saturated rings. The molecule has 2 N–H and O–H groups in total. The molecule has 17 heavy (non-hydrogen) atoms. The summed E-state index contributed by atoms with van der Waals surface area (Å²) in [6.07, 6.45) is 3.71. The first-order valence-electron chi connectivity index (χ1n) is 6.25. The lowest BCUT2D eigenvalue weighted by Gasteiger charge is -2.14. The fraction of sp³-hybridized carbons (Fsp3) is 0.615. The molecule has 0 radical (unpaired) electrons. The molecule has 1 atom stereocenters. The van der Waals surface area contributed by atoms with Crippen LogP contribution in [0.3, 0.4) is 0 Å². The molecule has 0 aliphatic rings. The molecule has 0 saturated heterocycles. The second kappa shape index (κ2) is 8.03. The number of pyridine rings is 1. The zero-order chi connectivity index (χ0) is 12.5. The number of nitrogens with zero attached hydrogens (tertiary/aromatic N) is 1. The summed E-state index contributed by atoms with van der Waals surface area (Å²) in [4.78, 5) is 11.4. The monoisotopic (exact) mass is 238 g/mol. The van der Waals surface area contributed by atoms with Crippen molar-refractivity contribution >= 4 is 0 Å². The smallest absolute Gasteiger partial charge is 0.250 e. The molecule has 0 saturated carbocycles. The maximum Gasteiger partial charge on any atom is 0.250 e. The lowest BCUT2D eigenvalue weighted by atomic mass is 10.0. The minimum absolute atomic E-state index is 0.0386. The number of aliphatic hydroxyl groups is 1. The first-order chi connectivity index (χ1) is 8.27. The van der Waals surface area contributed by atoms with Gasteiger partial charge >= 0.3 is 0 Å². The summed E-state index contributed by atoms with van der Waals surface area (Å²) < 4.78 is 1.69. The van der Waals surface area contributed by atoms with Crippen LogP contribution in [-0.4, -0.2) is 29.4 Å². The van der Waals surface area contributed by atoms with Crippen LogP contribution >= 0.6 is 0 Å². The van der Waals surface area contributed by atoms with Crippen molar-refractivity contribution < 1.29 is 5.11 Å². The molecular formula is C13H22N2O2. The highest BCUT2D eigenvalue weighted by atomic mass is 16.3. The minimum atomic E-state index is 0.0386. The summed E-state index contributed by atoms with van der Waals surface area (Å²) in [5.41, 5.74) is 0.0386. The number of aromatic nitrogens is 1. The molecule has 1 unspecified atom stereocenters. The van der Waals surface area contributed by atoms with Gasteiger partial charge in [-0.15, -0.1) is 0 Å². The number of aliphatic hydroxyl groups excluding tert-OH is 1. The highest BCUT2D eigenvalue weighted by molar-refractivity contribution is 4.93. The third-order valence-electron chi connectivity index (χ3n) is 2.98. The van der Waals surface area contributed by atoms with Gasteiger partial charge in [0.05, 0.1) is 0 Å². The Morgan fingerprint density at radius 1 is 1.47 bits per heavy atom. The molecule has 0 aliphatic carbocycles. The van der Waals surface area contributed by atoms with Crippen molar-refractivity contribution in [2.75, 3.05) is 19.7 Å². The summed E-state index contributed by atoms with van der Waals surface area (Å²) in [5.74, 6) is 0.521. The maximum atomic E-state index is 11.4. The van der Waals surface area contributed by atoms with Crippen LogP contribution in [0.1, 0.15) is 19.8 Å². The average molecular weight is 238 g/mol. The first kappa shape index (κ1) is 13.9. The van der Waals surface area contributed by atoms with Gasteiger partial charge in [0.1, 0.15) is 0 Å². The molecule has 1 aromatic heterocycles. The molecule has 0 aromatic carbocycles. The highest BCUT2D eigenvalue weighted by Crippen LogP contribution is 2.05. The van der Waals surface area contributed by atoms with Gasteiger partial charge in [-0.1, -0.05) is 19.4 Å². The Labute approximate surface area is 102 Å². The fourth-order valence-electron chi connectivity index (χ4n) is 1.78.